The zero-order valence-electron chi connectivity index (χ0n) is 12.2. The third-order valence-corrected chi connectivity index (χ3v) is 3.83. The van der Waals surface area contributed by atoms with Gasteiger partial charge in [0.25, 0.3) is 0 Å². The number of likely N-dealkylation sites (N-methyl/N-ethyl adjacent to an activating group) is 1. The fourth-order valence-corrected chi connectivity index (χ4v) is 2.67. The van der Waals surface area contributed by atoms with Crippen molar-refractivity contribution in [3.05, 3.63) is 52.9 Å². The molecule has 0 aromatic heterocycles. The van der Waals surface area contributed by atoms with Crippen molar-refractivity contribution in [3.8, 4) is 0 Å². The molecule has 0 amide bonds. The molecule has 0 saturated carbocycles. The molecule has 1 aliphatic heterocycles. The molecule has 0 aliphatic carbocycles. The fraction of sp³-hybridized carbons (Fsp3) is 0.375. The van der Waals surface area contributed by atoms with Gasteiger partial charge < -0.3 is 15.1 Å². The molecule has 1 aromatic rings. The van der Waals surface area contributed by atoms with Crippen LogP contribution >= 0.6 is 0 Å². The van der Waals surface area contributed by atoms with Crippen LogP contribution in [0.15, 0.2) is 41.5 Å². The first-order valence-corrected chi connectivity index (χ1v) is 6.66. The molecule has 108 valence electrons. The molecule has 0 fully saturated rings. The lowest BCUT2D eigenvalue weighted by molar-refractivity contribution is 0.187. The molecule has 1 aliphatic rings. The van der Waals surface area contributed by atoms with Gasteiger partial charge in [0.15, 0.2) is 0 Å². The third kappa shape index (κ3) is 2.26. The molecule has 0 saturated heterocycles. The van der Waals surface area contributed by atoms with E-state index in [0.29, 0.717) is 16.8 Å². The highest BCUT2D eigenvalue weighted by Gasteiger charge is 2.33. The average Bonchev–Trinajstić information content (AvgIpc) is 2.38. The maximum Gasteiger partial charge on any atom is 0.145 e. The van der Waals surface area contributed by atoms with Gasteiger partial charge in [-0.1, -0.05) is 26.0 Å². The Hall–Kier alpha value is -1.97. The molecule has 3 nitrogen and oxygen atoms in total. The van der Waals surface area contributed by atoms with E-state index in [2.05, 4.69) is 0 Å². The minimum atomic E-state index is -0.345. The number of aliphatic hydroxyl groups excluding tert-OH is 2. The van der Waals surface area contributed by atoms with Gasteiger partial charge in [0.2, 0.25) is 0 Å². The normalized spacial score (nSPS) is 20.1. The molecule has 2 rings (SSSR count). The second-order valence-corrected chi connectivity index (χ2v) is 5.50. The van der Waals surface area contributed by atoms with E-state index < -0.39 is 0 Å². The number of nitrogens with zero attached hydrogens (tertiary/aromatic N) is 1. The van der Waals surface area contributed by atoms with E-state index >= 15 is 0 Å². The first-order valence-electron chi connectivity index (χ1n) is 6.66. The Labute approximate surface area is 118 Å². The molecule has 20 heavy (non-hydrogen) atoms. The summed E-state index contributed by atoms with van der Waals surface area (Å²) in [5.41, 5.74) is 1.69. The summed E-state index contributed by atoms with van der Waals surface area (Å²) in [7, 11) is 1.84. The van der Waals surface area contributed by atoms with Gasteiger partial charge in [-0.05, 0) is 30.5 Å². The standard InChI is InChI=1S/C16H20FNO2/c1-9(2)14-16(20)13(15(19)10(3)18(14)4)11-5-7-12(17)8-6-11/h5-9,14,19-20H,1-4H3. The van der Waals surface area contributed by atoms with Crippen LogP contribution in [-0.2, 0) is 0 Å². The lowest BCUT2D eigenvalue weighted by atomic mass is 9.89. The summed E-state index contributed by atoms with van der Waals surface area (Å²) < 4.78 is 13.0. The van der Waals surface area contributed by atoms with Crippen molar-refractivity contribution in [2.75, 3.05) is 7.05 Å². The molecule has 0 bridgehead atoms. The van der Waals surface area contributed by atoms with E-state index in [-0.39, 0.29) is 29.3 Å². The zero-order chi connectivity index (χ0) is 15.0. The predicted octanol–water partition coefficient (Wildman–Crippen LogP) is 3.85. The summed E-state index contributed by atoms with van der Waals surface area (Å²) in [4.78, 5) is 1.86. The van der Waals surface area contributed by atoms with Crippen molar-refractivity contribution in [1.82, 2.24) is 4.90 Å². The highest BCUT2D eigenvalue weighted by molar-refractivity contribution is 5.80. The van der Waals surface area contributed by atoms with Gasteiger partial charge in [-0.15, -0.1) is 0 Å². The van der Waals surface area contributed by atoms with E-state index in [9.17, 15) is 14.6 Å². The Balaban J connectivity index is 2.61. The van der Waals surface area contributed by atoms with Crippen LogP contribution in [-0.4, -0.2) is 28.2 Å². The van der Waals surface area contributed by atoms with Crippen LogP contribution in [0.3, 0.4) is 0 Å². The number of allylic oxidation sites excluding steroid dienone is 2. The highest BCUT2D eigenvalue weighted by Crippen LogP contribution is 2.37. The topological polar surface area (TPSA) is 43.7 Å². The van der Waals surface area contributed by atoms with E-state index in [1.54, 1.807) is 19.1 Å². The smallest absolute Gasteiger partial charge is 0.145 e. The highest BCUT2D eigenvalue weighted by atomic mass is 19.1. The number of aliphatic hydroxyl groups is 2. The molecular weight excluding hydrogens is 257 g/mol. The first kappa shape index (κ1) is 14.4. The Bertz CT molecular complexity index is 573. The van der Waals surface area contributed by atoms with Gasteiger partial charge in [-0.25, -0.2) is 4.39 Å². The largest absolute Gasteiger partial charge is 0.509 e. The molecule has 1 atom stereocenters. The molecule has 1 unspecified atom stereocenters. The second-order valence-electron chi connectivity index (χ2n) is 5.50. The third-order valence-electron chi connectivity index (χ3n) is 3.83. The Morgan fingerprint density at radius 3 is 2.20 bits per heavy atom. The van der Waals surface area contributed by atoms with Gasteiger partial charge in [0, 0.05) is 7.05 Å². The van der Waals surface area contributed by atoms with Crippen molar-refractivity contribution in [2.24, 2.45) is 5.92 Å². The van der Waals surface area contributed by atoms with Crippen LogP contribution < -0.4 is 0 Å². The summed E-state index contributed by atoms with van der Waals surface area (Å²) in [6, 6.07) is 5.56. The number of hydrogen-bond acceptors (Lipinski definition) is 3. The predicted molar refractivity (Wildman–Crippen MR) is 77.7 cm³/mol. The summed E-state index contributed by atoms with van der Waals surface area (Å²) in [6.45, 7) is 5.82. The van der Waals surface area contributed by atoms with Crippen LogP contribution in [0.4, 0.5) is 4.39 Å². The van der Waals surface area contributed by atoms with Gasteiger partial charge in [-0.3, -0.25) is 0 Å². The lowest BCUT2D eigenvalue weighted by Crippen LogP contribution is -2.40. The number of halogens is 1. The van der Waals surface area contributed by atoms with Crippen molar-refractivity contribution < 1.29 is 14.6 Å². The SMILES string of the molecule is CC1=C(O)C(c2ccc(F)cc2)=C(O)C(C(C)C)N1C. The van der Waals surface area contributed by atoms with Crippen LogP contribution in [0.2, 0.25) is 0 Å². The minimum absolute atomic E-state index is 0.0357. The maximum atomic E-state index is 13.0. The summed E-state index contributed by atoms with van der Waals surface area (Å²) in [6.07, 6.45) is 0. The van der Waals surface area contributed by atoms with Crippen LogP contribution in [0.1, 0.15) is 26.3 Å². The Kier molecular flexibility index (Phi) is 3.75. The van der Waals surface area contributed by atoms with E-state index in [4.69, 9.17) is 0 Å². The van der Waals surface area contributed by atoms with Crippen molar-refractivity contribution >= 4 is 5.57 Å². The van der Waals surface area contributed by atoms with Gasteiger partial charge >= 0.3 is 0 Å². The van der Waals surface area contributed by atoms with Crippen molar-refractivity contribution in [2.45, 2.75) is 26.8 Å². The minimum Gasteiger partial charge on any atom is -0.509 e. The van der Waals surface area contributed by atoms with E-state index in [1.807, 2.05) is 25.8 Å². The van der Waals surface area contributed by atoms with Crippen LogP contribution in [0, 0.1) is 11.7 Å². The maximum absolute atomic E-state index is 13.0. The molecule has 4 heteroatoms. The Morgan fingerprint density at radius 2 is 1.70 bits per heavy atom. The van der Waals surface area contributed by atoms with Gasteiger partial charge in [-0.2, -0.15) is 0 Å². The second kappa shape index (κ2) is 5.19. The molecule has 0 radical (unpaired) electrons. The van der Waals surface area contributed by atoms with E-state index in [1.165, 1.54) is 12.1 Å². The Morgan fingerprint density at radius 1 is 1.15 bits per heavy atom. The zero-order valence-corrected chi connectivity index (χ0v) is 12.2. The molecule has 1 aromatic carbocycles. The lowest BCUT2D eigenvalue weighted by Gasteiger charge is -2.38. The number of rotatable bonds is 2. The quantitative estimate of drug-likeness (QED) is 0.862. The van der Waals surface area contributed by atoms with E-state index in [0.717, 1.165) is 0 Å². The van der Waals surface area contributed by atoms with Gasteiger partial charge in [0.05, 0.1) is 17.3 Å². The molecule has 0 spiro atoms. The first-order chi connectivity index (χ1) is 9.34. The summed E-state index contributed by atoms with van der Waals surface area (Å²) in [5.74, 6) is -0.00779. The monoisotopic (exact) mass is 277 g/mol. The molecule has 1 heterocycles. The average molecular weight is 277 g/mol. The number of hydrogen-bond donors (Lipinski definition) is 2. The summed E-state index contributed by atoms with van der Waals surface area (Å²) in [5, 5.41) is 20.9. The fourth-order valence-electron chi connectivity index (χ4n) is 2.67. The van der Waals surface area contributed by atoms with Crippen molar-refractivity contribution in [1.29, 1.82) is 0 Å². The molecule has 2 N–H and O–H groups in total. The van der Waals surface area contributed by atoms with Gasteiger partial charge in [0.1, 0.15) is 17.3 Å². The number of benzene rings is 1. The summed E-state index contributed by atoms with van der Waals surface area (Å²) >= 11 is 0. The van der Waals surface area contributed by atoms with Crippen LogP contribution in [0.25, 0.3) is 5.57 Å². The molecular formula is C16H20FNO2. The van der Waals surface area contributed by atoms with Crippen LogP contribution in [0.5, 0.6) is 0 Å². The van der Waals surface area contributed by atoms with Crippen molar-refractivity contribution in [3.63, 3.8) is 0 Å².